The van der Waals surface area contributed by atoms with Gasteiger partial charge in [-0.05, 0) is 44.5 Å². The number of hydrogen-bond acceptors (Lipinski definition) is 8. The molecule has 2 N–H and O–H groups in total. The highest BCUT2D eigenvalue weighted by molar-refractivity contribution is 7.99. The van der Waals surface area contributed by atoms with E-state index in [0.29, 0.717) is 42.3 Å². The van der Waals surface area contributed by atoms with Gasteiger partial charge in [-0.2, -0.15) is 0 Å². The third-order valence-corrected chi connectivity index (χ3v) is 7.59. The minimum atomic E-state index is -0.115. The minimum absolute atomic E-state index is 0.0263. The van der Waals surface area contributed by atoms with Crippen LogP contribution in [0.25, 0.3) is 0 Å². The zero-order chi connectivity index (χ0) is 26.9. The molecule has 2 aliphatic rings. The van der Waals surface area contributed by atoms with Crippen LogP contribution in [0.5, 0.6) is 0 Å². The molecular weight excluding hydrogens is 526 g/mol. The number of nitrogens with zero attached hydrogens (tertiary/aromatic N) is 5. The predicted molar refractivity (Wildman–Crippen MR) is 151 cm³/mol. The number of benzene rings is 1. The van der Waals surface area contributed by atoms with Gasteiger partial charge in [0.05, 0.1) is 19.0 Å². The summed E-state index contributed by atoms with van der Waals surface area (Å²) in [7, 11) is 0. The van der Waals surface area contributed by atoms with Gasteiger partial charge in [-0.25, -0.2) is 14.8 Å². The topological polar surface area (TPSA) is 103 Å². The summed E-state index contributed by atoms with van der Waals surface area (Å²) in [6.07, 6.45) is 0.904. The SMILES string of the molecule is Cc1cccc(NC(=O)N2CCN(c3cc(Cl)nc(SCC(=O)NCCCN4CCOCC4)n3)CC2C)c1. The summed E-state index contributed by atoms with van der Waals surface area (Å²) in [4.78, 5) is 40.4. The third-order valence-electron chi connectivity index (χ3n) is 6.55. The lowest BCUT2D eigenvalue weighted by molar-refractivity contribution is -0.118. The van der Waals surface area contributed by atoms with Crippen LogP contribution in [0.15, 0.2) is 35.5 Å². The van der Waals surface area contributed by atoms with E-state index < -0.39 is 0 Å². The van der Waals surface area contributed by atoms with Gasteiger partial charge in [0.25, 0.3) is 0 Å². The van der Waals surface area contributed by atoms with E-state index >= 15 is 0 Å². The molecule has 3 heterocycles. The van der Waals surface area contributed by atoms with Gasteiger partial charge in [-0.1, -0.05) is 35.5 Å². The Hall–Kier alpha value is -2.60. The van der Waals surface area contributed by atoms with Gasteiger partial charge in [0.2, 0.25) is 5.91 Å². The summed E-state index contributed by atoms with van der Waals surface area (Å²) in [5.74, 6) is 0.869. The molecule has 206 valence electrons. The van der Waals surface area contributed by atoms with Crippen molar-refractivity contribution in [2.75, 3.05) is 75.0 Å². The van der Waals surface area contributed by atoms with Gasteiger partial charge in [-0.3, -0.25) is 9.69 Å². The molecule has 0 saturated carbocycles. The first-order chi connectivity index (χ1) is 18.4. The molecule has 1 aromatic carbocycles. The number of urea groups is 1. The van der Waals surface area contributed by atoms with Gasteiger partial charge in [0, 0.05) is 57.1 Å². The van der Waals surface area contributed by atoms with Crippen LogP contribution in [0.1, 0.15) is 18.9 Å². The number of amides is 3. The van der Waals surface area contributed by atoms with Crippen molar-refractivity contribution >= 4 is 46.8 Å². The maximum Gasteiger partial charge on any atom is 0.322 e. The second-order valence-corrected chi connectivity index (χ2v) is 10.9. The number of aromatic nitrogens is 2. The fraction of sp³-hybridized carbons (Fsp3) is 0.538. The number of thioether (sulfide) groups is 1. The Morgan fingerprint density at radius 2 is 1.97 bits per heavy atom. The molecule has 1 aromatic heterocycles. The van der Waals surface area contributed by atoms with Crippen LogP contribution in [-0.2, 0) is 9.53 Å². The Kier molecular flexibility index (Phi) is 10.4. The third kappa shape index (κ3) is 8.45. The van der Waals surface area contributed by atoms with Crippen molar-refractivity contribution in [3.05, 3.63) is 41.0 Å². The number of morpholine rings is 1. The van der Waals surface area contributed by atoms with Gasteiger partial charge in [-0.15, -0.1) is 0 Å². The van der Waals surface area contributed by atoms with Crippen molar-refractivity contribution in [1.29, 1.82) is 0 Å². The highest BCUT2D eigenvalue weighted by Crippen LogP contribution is 2.24. The Bertz CT molecular complexity index is 1100. The fourth-order valence-electron chi connectivity index (χ4n) is 4.53. The first-order valence-corrected chi connectivity index (χ1v) is 14.4. The summed E-state index contributed by atoms with van der Waals surface area (Å²) in [5, 5.41) is 6.75. The molecule has 3 amide bonds. The fourth-order valence-corrected chi connectivity index (χ4v) is 5.44. The number of ether oxygens (including phenoxy) is 1. The Balaban J connectivity index is 1.23. The summed E-state index contributed by atoms with van der Waals surface area (Å²) in [6, 6.07) is 9.35. The van der Waals surface area contributed by atoms with Crippen molar-refractivity contribution in [2.45, 2.75) is 31.5 Å². The second kappa shape index (κ2) is 14.0. The molecule has 12 heteroatoms. The van der Waals surface area contributed by atoms with E-state index in [2.05, 4.69) is 30.4 Å². The molecule has 2 saturated heterocycles. The summed E-state index contributed by atoms with van der Waals surface area (Å²) >= 11 is 7.57. The number of aryl methyl sites for hydroxylation is 1. The maximum atomic E-state index is 12.9. The molecule has 4 rings (SSSR count). The van der Waals surface area contributed by atoms with Crippen LogP contribution < -0.4 is 15.5 Å². The molecule has 0 bridgehead atoms. The van der Waals surface area contributed by atoms with E-state index in [4.69, 9.17) is 16.3 Å². The molecule has 10 nitrogen and oxygen atoms in total. The van der Waals surface area contributed by atoms with Crippen LogP contribution >= 0.6 is 23.4 Å². The average Bonchev–Trinajstić information content (AvgIpc) is 2.90. The average molecular weight is 562 g/mol. The van der Waals surface area contributed by atoms with Crippen LogP contribution in [0.3, 0.4) is 0 Å². The van der Waals surface area contributed by atoms with Crippen molar-refractivity contribution in [1.82, 2.24) is 25.1 Å². The molecule has 0 radical (unpaired) electrons. The zero-order valence-corrected chi connectivity index (χ0v) is 23.6. The number of carbonyl (C=O) groups excluding carboxylic acids is 2. The van der Waals surface area contributed by atoms with E-state index in [-0.39, 0.29) is 23.7 Å². The molecular formula is C26H36ClN7O3S. The van der Waals surface area contributed by atoms with Gasteiger partial charge >= 0.3 is 6.03 Å². The largest absolute Gasteiger partial charge is 0.379 e. The number of nitrogens with one attached hydrogen (secondary N) is 2. The van der Waals surface area contributed by atoms with Crippen LogP contribution in [-0.4, -0.2) is 103 Å². The molecule has 2 aliphatic heterocycles. The molecule has 38 heavy (non-hydrogen) atoms. The lowest BCUT2D eigenvalue weighted by Crippen LogP contribution is -2.55. The van der Waals surface area contributed by atoms with E-state index in [1.807, 2.05) is 43.0 Å². The lowest BCUT2D eigenvalue weighted by atomic mass is 10.2. The molecule has 2 fully saturated rings. The van der Waals surface area contributed by atoms with Gasteiger partial charge < -0.3 is 25.2 Å². The normalized spacial score (nSPS) is 18.3. The Labute approximate surface area is 233 Å². The van der Waals surface area contributed by atoms with Crippen LogP contribution in [0.4, 0.5) is 16.3 Å². The maximum absolute atomic E-state index is 12.9. The van der Waals surface area contributed by atoms with Crippen molar-refractivity contribution < 1.29 is 14.3 Å². The van der Waals surface area contributed by atoms with Crippen molar-refractivity contribution in [3.63, 3.8) is 0 Å². The standard InChI is InChI=1S/C26H36ClN7O3S/c1-19-5-3-6-21(15-19)29-26(36)34-10-9-33(17-20(34)2)23-16-22(27)30-25(31-23)38-18-24(35)28-7-4-8-32-11-13-37-14-12-32/h3,5-6,15-16,20H,4,7-14,17-18H2,1-2H3,(H,28,35)(H,29,36). The monoisotopic (exact) mass is 561 g/mol. The van der Waals surface area contributed by atoms with Crippen molar-refractivity contribution in [2.24, 2.45) is 0 Å². The molecule has 1 unspecified atom stereocenters. The highest BCUT2D eigenvalue weighted by Gasteiger charge is 2.28. The van der Waals surface area contributed by atoms with Gasteiger partial charge in [0.15, 0.2) is 5.16 Å². The first kappa shape index (κ1) is 28.4. The number of rotatable bonds is 9. The Morgan fingerprint density at radius 3 is 2.74 bits per heavy atom. The highest BCUT2D eigenvalue weighted by atomic mass is 35.5. The smallest absolute Gasteiger partial charge is 0.322 e. The number of carbonyl (C=O) groups is 2. The summed E-state index contributed by atoms with van der Waals surface area (Å²) < 4.78 is 5.36. The second-order valence-electron chi connectivity index (χ2n) is 9.57. The van der Waals surface area contributed by atoms with E-state index in [0.717, 1.165) is 50.5 Å². The lowest BCUT2D eigenvalue weighted by Gasteiger charge is -2.40. The Morgan fingerprint density at radius 1 is 1.16 bits per heavy atom. The number of hydrogen-bond donors (Lipinski definition) is 2. The summed E-state index contributed by atoms with van der Waals surface area (Å²) in [6.45, 7) is 10.9. The van der Waals surface area contributed by atoms with Crippen molar-refractivity contribution in [3.8, 4) is 0 Å². The summed E-state index contributed by atoms with van der Waals surface area (Å²) in [5.41, 5.74) is 1.88. The van der Waals surface area contributed by atoms with E-state index in [9.17, 15) is 9.59 Å². The predicted octanol–water partition coefficient (Wildman–Crippen LogP) is 3.11. The minimum Gasteiger partial charge on any atom is -0.379 e. The van der Waals surface area contributed by atoms with E-state index in [1.54, 1.807) is 6.07 Å². The molecule has 0 aliphatic carbocycles. The first-order valence-electron chi connectivity index (χ1n) is 13.0. The quantitative estimate of drug-likeness (QED) is 0.208. The molecule has 1 atom stereocenters. The van der Waals surface area contributed by atoms with Gasteiger partial charge in [0.1, 0.15) is 11.0 Å². The van der Waals surface area contributed by atoms with Crippen LogP contribution in [0.2, 0.25) is 5.15 Å². The number of piperazine rings is 1. The van der Waals surface area contributed by atoms with Crippen LogP contribution in [0, 0.1) is 6.92 Å². The molecule has 2 aromatic rings. The number of anilines is 2. The van der Waals surface area contributed by atoms with E-state index in [1.165, 1.54) is 11.8 Å². The number of halogens is 1. The molecule has 0 spiro atoms. The zero-order valence-electron chi connectivity index (χ0n) is 22.0.